The first-order valence-corrected chi connectivity index (χ1v) is 13.4. The lowest BCUT2D eigenvalue weighted by molar-refractivity contribution is -0.111. The molecule has 1 saturated heterocycles. The molecule has 0 bridgehead atoms. The molecule has 10 heteroatoms. The highest BCUT2D eigenvalue weighted by Gasteiger charge is 2.24. The molecule has 41 heavy (non-hydrogen) atoms. The number of anilines is 2. The number of hydrogen-bond acceptors (Lipinski definition) is 6. The summed E-state index contributed by atoms with van der Waals surface area (Å²) >= 11 is 0. The number of aromatic nitrogens is 1. The van der Waals surface area contributed by atoms with Gasteiger partial charge in [-0.3, -0.25) is 14.4 Å². The van der Waals surface area contributed by atoms with Gasteiger partial charge < -0.3 is 30.0 Å². The number of nitrogens with one attached hydrogen (secondary N) is 3. The van der Waals surface area contributed by atoms with Crippen molar-refractivity contribution in [3.63, 3.8) is 0 Å². The first kappa shape index (κ1) is 29.5. The van der Waals surface area contributed by atoms with Gasteiger partial charge in [0.05, 0.1) is 24.9 Å². The number of methoxy groups -OCH3 is 1. The van der Waals surface area contributed by atoms with Crippen LogP contribution in [-0.4, -0.2) is 50.2 Å². The van der Waals surface area contributed by atoms with Crippen LogP contribution in [0.4, 0.5) is 15.8 Å². The van der Waals surface area contributed by atoms with Crippen LogP contribution >= 0.6 is 0 Å². The van der Waals surface area contributed by atoms with E-state index in [2.05, 4.69) is 27.1 Å². The Bertz CT molecular complexity index is 1530. The molecule has 0 aliphatic carbocycles. The molecule has 1 aliphatic heterocycles. The van der Waals surface area contributed by atoms with E-state index in [4.69, 9.17) is 9.47 Å². The SMILES string of the molecule is C=CC(=O)Nc1cc(F)ccc1-c1cc(C(=O)NCc2c(OC)cc(C)[nH]c2=O)c(C)c(N(C)C2CCOCC2)c1. The maximum absolute atomic E-state index is 14.2. The predicted octanol–water partition coefficient (Wildman–Crippen LogP) is 4.48. The molecule has 0 spiro atoms. The summed E-state index contributed by atoms with van der Waals surface area (Å²) in [5.41, 5.74) is 3.93. The van der Waals surface area contributed by atoms with Crippen LogP contribution in [0.25, 0.3) is 11.1 Å². The minimum Gasteiger partial charge on any atom is -0.496 e. The van der Waals surface area contributed by atoms with E-state index in [0.29, 0.717) is 46.9 Å². The number of rotatable bonds is 9. The summed E-state index contributed by atoms with van der Waals surface area (Å²) in [6.07, 6.45) is 2.76. The molecule has 1 fully saturated rings. The maximum atomic E-state index is 14.2. The Morgan fingerprint density at radius 1 is 1.20 bits per heavy atom. The molecule has 0 unspecified atom stereocenters. The minimum atomic E-state index is -0.519. The van der Waals surface area contributed by atoms with Crippen LogP contribution in [-0.2, 0) is 16.1 Å². The molecule has 1 aliphatic rings. The lowest BCUT2D eigenvalue weighted by Gasteiger charge is -2.34. The molecular formula is C31H35FN4O5. The zero-order valence-corrected chi connectivity index (χ0v) is 23.7. The number of benzene rings is 2. The second-order valence-corrected chi connectivity index (χ2v) is 10.0. The maximum Gasteiger partial charge on any atom is 0.256 e. The summed E-state index contributed by atoms with van der Waals surface area (Å²) in [5.74, 6) is -1.02. The fourth-order valence-electron chi connectivity index (χ4n) is 5.08. The number of pyridine rings is 1. The van der Waals surface area contributed by atoms with Crippen molar-refractivity contribution < 1.29 is 23.5 Å². The zero-order chi connectivity index (χ0) is 29.7. The first-order valence-electron chi connectivity index (χ1n) is 13.4. The third kappa shape index (κ3) is 6.66. The van der Waals surface area contributed by atoms with Crippen LogP contribution in [0.5, 0.6) is 5.75 Å². The average Bonchev–Trinajstić information content (AvgIpc) is 2.96. The molecule has 2 heterocycles. The predicted molar refractivity (Wildman–Crippen MR) is 157 cm³/mol. The summed E-state index contributed by atoms with van der Waals surface area (Å²) in [7, 11) is 3.45. The van der Waals surface area contributed by atoms with E-state index >= 15 is 0 Å². The van der Waals surface area contributed by atoms with E-state index in [1.165, 1.54) is 19.2 Å². The van der Waals surface area contributed by atoms with Gasteiger partial charge in [-0.2, -0.15) is 0 Å². The Morgan fingerprint density at radius 3 is 2.61 bits per heavy atom. The van der Waals surface area contributed by atoms with Gasteiger partial charge in [0.2, 0.25) is 5.91 Å². The largest absolute Gasteiger partial charge is 0.496 e. The average molecular weight is 563 g/mol. The van der Waals surface area contributed by atoms with Crippen molar-refractivity contribution in [2.45, 2.75) is 39.3 Å². The monoisotopic (exact) mass is 562 g/mol. The molecule has 4 rings (SSSR count). The van der Waals surface area contributed by atoms with E-state index in [1.807, 2.05) is 20.0 Å². The van der Waals surface area contributed by atoms with Crippen molar-refractivity contribution in [2.75, 3.05) is 37.6 Å². The minimum absolute atomic E-state index is 0.0520. The quantitative estimate of drug-likeness (QED) is 0.332. The third-order valence-electron chi connectivity index (χ3n) is 7.35. The van der Waals surface area contributed by atoms with Crippen LogP contribution in [0.2, 0.25) is 0 Å². The molecule has 1 aromatic heterocycles. The number of nitrogens with zero attached hydrogens (tertiary/aromatic N) is 1. The Morgan fingerprint density at radius 2 is 1.93 bits per heavy atom. The Kier molecular flexibility index (Phi) is 9.24. The molecule has 0 atom stereocenters. The summed E-state index contributed by atoms with van der Waals surface area (Å²) in [6, 6.07) is 9.63. The Balaban J connectivity index is 1.79. The number of aryl methyl sites for hydroxylation is 1. The van der Waals surface area contributed by atoms with Gasteiger partial charge in [0.1, 0.15) is 11.6 Å². The van der Waals surface area contributed by atoms with Gasteiger partial charge in [-0.1, -0.05) is 6.58 Å². The molecular weight excluding hydrogens is 527 g/mol. The van der Waals surface area contributed by atoms with Crippen LogP contribution in [0.15, 0.2) is 53.8 Å². The lowest BCUT2D eigenvalue weighted by atomic mass is 9.94. The lowest BCUT2D eigenvalue weighted by Crippen LogP contribution is -2.37. The highest BCUT2D eigenvalue weighted by molar-refractivity contribution is 6.03. The van der Waals surface area contributed by atoms with Gasteiger partial charge >= 0.3 is 0 Å². The molecule has 3 aromatic rings. The summed E-state index contributed by atoms with van der Waals surface area (Å²) in [4.78, 5) is 43.3. The smallest absolute Gasteiger partial charge is 0.256 e. The fraction of sp³-hybridized carbons (Fsp3) is 0.323. The number of aromatic amines is 1. The second-order valence-electron chi connectivity index (χ2n) is 10.0. The van der Waals surface area contributed by atoms with Gasteiger partial charge in [-0.05, 0) is 80.3 Å². The van der Waals surface area contributed by atoms with E-state index in [1.54, 1.807) is 25.1 Å². The number of carbonyl (C=O) groups is 2. The fourth-order valence-corrected chi connectivity index (χ4v) is 5.08. The normalized spacial score (nSPS) is 13.4. The van der Waals surface area contributed by atoms with Crippen LogP contribution < -0.4 is 25.8 Å². The van der Waals surface area contributed by atoms with E-state index < -0.39 is 17.6 Å². The number of ether oxygens (including phenoxy) is 2. The van der Waals surface area contributed by atoms with Crippen LogP contribution in [0.1, 0.15) is 40.0 Å². The van der Waals surface area contributed by atoms with Crippen LogP contribution in [0, 0.1) is 19.7 Å². The number of hydrogen-bond donors (Lipinski definition) is 3. The molecule has 2 aromatic carbocycles. The van der Waals surface area contributed by atoms with Crippen molar-refractivity contribution in [3.8, 4) is 16.9 Å². The van der Waals surface area contributed by atoms with Gasteiger partial charge in [0.25, 0.3) is 11.5 Å². The van der Waals surface area contributed by atoms with E-state index in [9.17, 15) is 18.8 Å². The van der Waals surface area contributed by atoms with E-state index in [-0.39, 0.29) is 23.8 Å². The number of H-pyrrole nitrogens is 1. The molecule has 0 saturated carbocycles. The molecule has 2 amide bonds. The Hall–Kier alpha value is -4.44. The second kappa shape index (κ2) is 12.8. The zero-order valence-electron chi connectivity index (χ0n) is 23.7. The van der Waals surface area contributed by atoms with Crippen molar-refractivity contribution in [2.24, 2.45) is 0 Å². The van der Waals surface area contributed by atoms with E-state index in [0.717, 1.165) is 30.2 Å². The third-order valence-corrected chi connectivity index (χ3v) is 7.35. The summed E-state index contributed by atoms with van der Waals surface area (Å²) < 4.78 is 25.1. The molecule has 3 N–H and O–H groups in total. The van der Waals surface area contributed by atoms with Crippen molar-refractivity contribution in [1.29, 1.82) is 0 Å². The van der Waals surface area contributed by atoms with Crippen molar-refractivity contribution in [3.05, 3.63) is 87.6 Å². The highest BCUT2D eigenvalue weighted by Crippen LogP contribution is 2.36. The first-order chi connectivity index (χ1) is 19.6. The van der Waals surface area contributed by atoms with Gasteiger partial charge in [0, 0.05) is 48.8 Å². The van der Waals surface area contributed by atoms with Crippen molar-refractivity contribution >= 4 is 23.2 Å². The highest BCUT2D eigenvalue weighted by atomic mass is 19.1. The van der Waals surface area contributed by atoms with Gasteiger partial charge in [0.15, 0.2) is 0 Å². The topological polar surface area (TPSA) is 113 Å². The number of halogens is 1. The van der Waals surface area contributed by atoms with Gasteiger partial charge in [-0.25, -0.2) is 4.39 Å². The number of amides is 2. The van der Waals surface area contributed by atoms with Crippen molar-refractivity contribution in [1.82, 2.24) is 10.3 Å². The molecule has 216 valence electrons. The van der Waals surface area contributed by atoms with Gasteiger partial charge in [-0.15, -0.1) is 0 Å². The summed E-state index contributed by atoms with van der Waals surface area (Å²) in [6.45, 7) is 8.33. The standard InChI is InChI=1S/C31H35FN4O5/c1-6-29(37)35-26-16-21(32)7-8-23(26)20-14-24(19(3)27(15-20)36(4)22-9-11-41-12-10-22)30(38)33-17-25-28(40-5)13-18(2)34-31(25)39/h6-8,13-16,22H,1,9-12,17H2,2-5H3,(H,33,38)(H,34,39)(H,35,37). The Labute approximate surface area is 238 Å². The van der Waals surface area contributed by atoms with Crippen LogP contribution in [0.3, 0.4) is 0 Å². The summed E-state index contributed by atoms with van der Waals surface area (Å²) in [5, 5.41) is 5.53. The molecule has 9 nitrogen and oxygen atoms in total. The number of carbonyl (C=O) groups excluding carboxylic acids is 2. The molecule has 0 radical (unpaired) electrons.